The molecule has 2 aromatic rings. The predicted molar refractivity (Wildman–Crippen MR) is 102 cm³/mol. The Morgan fingerprint density at radius 3 is 2.69 bits per heavy atom. The van der Waals surface area contributed by atoms with Crippen LogP contribution in [0.5, 0.6) is 5.75 Å². The molecule has 5 nitrogen and oxygen atoms in total. The Hall–Kier alpha value is -2.69. The van der Waals surface area contributed by atoms with E-state index in [-0.39, 0.29) is 5.91 Å². The zero-order chi connectivity index (χ0) is 18.4. The fourth-order valence-electron chi connectivity index (χ4n) is 3.13. The Labute approximate surface area is 154 Å². The zero-order valence-corrected chi connectivity index (χ0v) is 15.4. The highest BCUT2D eigenvalue weighted by Crippen LogP contribution is 2.21. The molecule has 0 radical (unpaired) electrons. The van der Waals surface area contributed by atoms with Gasteiger partial charge in [0, 0.05) is 18.3 Å². The predicted octanol–water partition coefficient (Wildman–Crippen LogP) is 4.08. The summed E-state index contributed by atoms with van der Waals surface area (Å²) in [7, 11) is 1.63. The van der Waals surface area contributed by atoms with Gasteiger partial charge in [-0.3, -0.25) is 4.79 Å². The van der Waals surface area contributed by atoms with Gasteiger partial charge in [-0.05, 0) is 63.3 Å². The van der Waals surface area contributed by atoms with Gasteiger partial charge in [-0.2, -0.15) is 0 Å². The molecule has 0 saturated heterocycles. The summed E-state index contributed by atoms with van der Waals surface area (Å²) in [6.45, 7) is 2.50. The van der Waals surface area contributed by atoms with E-state index in [0.717, 1.165) is 24.2 Å². The van der Waals surface area contributed by atoms with E-state index in [9.17, 15) is 4.79 Å². The molecular formula is C21H25N3O2. The maximum Gasteiger partial charge on any atom is 0.254 e. The van der Waals surface area contributed by atoms with Crippen LogP contribution < -0.4 is 10.1 Å². The Kier molecular flexibility index (Phi) is 6.00. The third-order valence-electron chi connectivity index (χ3n) is 4.69. The van der Waals surface area contributed by atoms with E-state index in [1.165, 1.54) is 24.8 Å². The van der Waals surface area contributed by atoms with E-state index >= 15 is 0 Å². The molecule has 0 atom stereocenters. The van der Waals surface area contributed by atoms with Gasteiger partial charge in [0.2, 0.25) is 0 Å². The lowest BCUT2D eigenvalue weighted by molar-refractivity contribution is 0.0952. The average molecular weight is 351 g/mol. The van der Waals surface area contributed by atoms with Gasteiger partial charge in [0.05, 0.1) is 18.4 Å². The number of benzene rings is 1. The molecule has 1 aromatic carbocycles. The van der Waals surface area contributed by atoms with Crippen LogP contribution in [0.1, 0.15) is 48.2 Å². The molecular weight excluding hydrogens is 326 g/mol. The van der Waals surface area contributed by atoms with Gasteiger partial charge < -0.3 is 10.1 Å². The number of carbonyl (C=O) groups excluding carboxylic acids is 1. The molecule has 0 fully saturated rings. The standard InChI is InChI=1S/C21H25N3O2/c1-15-19(21(25)22-13-12-16-6-4-3-5-7-16)14-23-20(24-15)17-8-10-18(26-2)11-9-17/h6,8-11,14H,3-5,7,12-13H2,1-2H3,(H,22,25). The van der Waals surface area contributed by atoms with Crippen LogP contribution in [0.15, 0.2) is 42.1 Å². The maximum absolute atomic E-state index is 12.4. The van der Waals surface area contributed by atoms with Crippen molar-refractivity contribution in [2.45, 2.75) is 39.0 Å². The summed E-state index contributed by atoms with van der Waals surface area (Å²) in [5.41, 5.74) is 3.56. The molecule has 0 spiro atoms. The number of carbonyl (C=O) groups is 1. The van der Waals surface area contributed by atoms with Gasteiger partial charge in [-0.25, -0.2) is 9.97 Å². The quantitative estimate of drug-likeness (QED) is 0.797. The zero-order valence-electron chi connectivity index (χ0n) is 15.4. The fourth-order valence-corrected chi connectivity index (χ4v) is 3.13. The molecule has 1 N–H and O–H groups in total. The Balaban J connectivity index is 1.62. The third-order valence-corrected chi connectivity index (χ3v) is 4.69. The van der Waals surface area contributed by atoms with Crippen LogP contribution in [0, 0.1) is 6.92 Å². The Morgan fingerprint density at radius 1 is 1.23 bits per heavy atom. The van der Waals surface area contributed by atoms with Crippen LogP contribution in [-0.2, 0) is 0 Å². The van der Waals surface area contributed by atoms with E-state index in [1.807, 2.05) is 31.2 Å². The first kappa shape index (κ1) is 18.1. The molecule has 5 heteroatoms. The van der Waals surface area contributed by atoms with Gasteiger partial charge in [-0.1, -0.05) is 11.6 Å². The molecule has 1 aromatic heterocycles. The van der Waals surface area contributed by atoms with E-state index in [0.29, 0.717) is 23.6 Å². The molecule has 0 bridgehead atoms. The smallest absolute Gasteiger partial charge is 0.254 e. The van der Waals surface area contributed by atoms with E-state index in [1.54, 1.807) is 13.3 Å². The number of amides is 1. The van der Waals surface area contributed by atoms with Crippen molar-refractivity contribution in [2.75, 3.05) is 13.7 Å². The summed E-state index contributed by atoms with van der Waals surface area (Å²) in [6, 6.07) is 7.56. The Bertz CT molecular complexity index is 797. The van der Waals surface area contributed by atoms with Crippen LogP contribution in [0.3, 0.4) is 0 Å². The minimum atomic E-state index is -0.111. The highest BCUT2D eigenvalue weighted by molar-refractivity contribution is 5.95. The summed E-state index contributed by atoms with van der Waals surface area (Å²) in [6.07, 6.45) is 9.73. The molecule has 0 unspecified atom stereocenters. The first-order valence-corrected chi connectivity index (χ1v) is 9.11. The van der Waals surface area contributed by atoms with Gasteiger partial charge in [-0.15, -0.1) is 0 Å². The SMILES string of the molecule is COc1ccc(-c2ncc(C(=O)NCCC3=CCCCC3)c(C)n2)cc1. The minimum Gasteiger partial charge on any atom is -0.497 e. The highest BCUT2D eigenvalue weighted by atomic mass is 16.5. The molecule has 0 aliphatic heterocycles. The number of nitrogens with zero attached hydrogens (tertiary/aromatic N) is 2. The van der Waals surface area contributed by atoms with Crippen LogP contribution in [0.2, 0.25) is 0 Å². The molecule has 136 valence electrons. The lowest BCUT2D eigenvalue weighted by Gasteiger charge is -2.13. The molecule has 26 heavy (non-hydrogen) atoms. The second-order valence-corrected chi connectivity index (χ2v) is 6.54. The minimum absolute atomic E-state index is 0.111. The number of aryl methyl sites for hydroxylation is 1. The topological polar surface area (TPSA) is 64.1 Å². The summed E-state index contributed by atoms with van der Waals surface area (Å²) < 4.78 is 5.16. The van der Waals surface area contributed by atoms with Crippen molar-refractivity contribution < 1.29 is 9.53 Å². The molecule has 0 saturated carbocycles. The number of methoxy groups -OCH3 is 1. The van der Waals surface area contributed by atoms with Crippen molar-refractivity contribution in [3.8, 4) is 17.1 Å². The second-order valence-electron chi connectivity index (χ2n) is 6.54. The van der Waals surface area contributed by atoms with Gasteiger partial charge in [0.15, 0.2) is 5.82 Å². The van der Waals surface area contributed by atoms with Crippen LogP contribution in [0.25, 0.3) is 11.4 Å². The summed E-state index contributed by atoms with van der Waals surface area (Å²) in [5.74, 6) is 1.28. The lowest BCUT2D eigenvalue weighted by Crippen LogP contribution is -2.26. The number of rotatable bonds is 6. The number of hydrogen-bond donors (Lipinski definition) is 1. The summed E-state index contributed by atoms with van der Waals surface area (Å²) in [4.78, 5) is 21.3. The van der Waals surface area contributed by atoms with Crippen LogP contribution >= 0.6 is 0 Å². The average Bonchev–Trinajstić information content (AvgIpc) is 2.68. The normalized spacial score (nSPS) is 13.8. The van der Waals surface area contributed by atoms with Crippen molar-refractivity contribution >= 4 is 5.91 Å². The fraction of sp³-hybridized carbons (Fsp3) is 0.381. The van der Waals surface area contributed by atoms with Crippen LogP contribution in [-0.4, -0.2) is 29.5 Å². The molecule has 1 heterocycles. The van der Waals surface area contributed by atoms with Gasteiger partial charge >= 0.3 is 0 Å². The van der Waals surface area contributed by atoms with Crippen molar-refractivity contribution in [3.05, 3.63) is 53.4 Å². The third kappa shape index (κ3) is 4.48. The largest absolute Gasteiger partial charge is 0.497 e. The monoisotopic (exact) mass is 351 g/mol. The van der Waals surface area contributed by atoms with E-state index in [4.69, 9.17) is 4.74 Å². The molecule has 1 aliphatic rings. The number of hydrogen-bond acceptors (Lipinski definition) is 4. The molecule has 3 rings (SSSR count). The molecule has 1 aliphatic carbocycles. The van der Waals surface area contributed by atoms with Crippen molar-refractivity contribution in [1.29, 1.82) is 0 Å². The number of ether oxygens (including phenoxy) is 1. The lowest BCUT2D eigenvalue weighted by atomic mass is 9.97. The van der Waals surface area contributed by atoms with Gasteiger partial charge in [0.25, 0.3) is 5.91 Å². The number of nitrogens with one attached hydrogen (secondary N) is 1. The second kappa shape index (κ2) is 8.61. The van der Waals surface area contributed by atoms with Crippen molar-refractivity contribution in [3.63, 3.8) is 0 Å². The number of allylic oxidation sites excluding steroid dienone is 1. The van der Waals surface area contributed by atoms with Crippen molar-refractivity contribution in [1.82, 2.24) is 15.3 Å². The summed E-state index contributed by atoms with van der Waals surface area (Å²) in [5, 5.41) is 2.99. The van der Waals surface area contributed by atoms with E-state index in [2.05, 4.69) is 21.4 Å². The number of aromatic nitrogens is 2. The maximum atomic E-state index is 12.4. The Morgan fingerprint density at radius 2 is 2.04 bits per heavy atom. The highest BCUT2D eigenvalue weighted by Gasteiger charge is 2.13. The first-order valence-electron chi connectivity index (χ1n) is 9.11. The molecule has 1 amide bonds. The van der Waals surface area contributed by atoms with Gasteiger partial charge in [0.1, 0.15) is 5.75 Å². The van der Waals surface area contributed by atoms with E-state index < -0.39 is 0 Å². The summed E-state index contributed by atoms with van der Waals surface area (Å²) >= 11 is 0. The first-order chi connectivity index (χ1) is 12.7. The van der Waals surface area contributed by atoms with Crippen molar-refractivity contribution in [2.24, 2.45) is 0 Å². The van der Waals surface area contributed by atoms with Crippen LogP contribution in [0.4, 0.5) is 0 Å².